The summed E-state index contributed by atoms with van der Waals surface area (Å²) in [5.41, 5.74) is 1.03. The molecule has 1 N–H and O–H groups in total. The number of nitrogens with zero attached hydrogens (tertiary/aromatic N) is 2. The normalized spacial score (nSPS) is 15.0. The van der Waals surface area contributed by atoms with Crippen molar-refractivity contribution < 1.29 is 4.79 Å². The Balaban J connectivity index is 1.47. The van der Waals surface area contributed by atoms with E-state index in [2.05, 4.69) is 34.7 Å². The Bertz CT molecular complexity index is 862. The standard InChI is InChI=1S/C20H21N3O/c24-20(14-15-9-10-16-5-1-2-6-17(16)13-15)22-19-11-12-21-23(19)18-7-3-4-8-18/h1-2,5-6,9-13,18H,3-4,7-8,14H2,(H,22,24). The van der Waals surface area contributed by atoms with Gasteiger partial charge in [-0.25, -0.2) is 4.68 Å². The summed E-state index contributed by atoms with van der Waals surface area (Å²) >= 11 is 0. The Kier molecular flexibility index (Phi) is 4.03. The SMILES string of the molecule is O=C(Cc1ccc2ccccc2c1)Nc1ccnn1C1CCCC1. The maximum absolute atomic E-state index is 12.4. The zero-order valence-electron chi connectivity index (χ0n) is 13.6. The maximum atomic E-state index is 12.4. The first-order valence-electron chi connectivity index (χ1n) is 8.61. The molecule has 0 unspecified atom stereocenters. The number of hydrogen-bond acceptors (Lipinski definition) is 2. The number of aromatic nitrogens is 2. The number of hydrogen-bond donors (Lipinski definition) is 1. The monoisotopic (exact) mass is 319 g/mol. The molecule has 1 amide bonds. The van der Waals surface area contributed by atoms with E-state index in [0.29, 0.717) is 12.5 Å². The predicted octanol–water partition coefficient (Wildman–Crippen LogP) is 4.33. The van der Waals surface area contributed by atoms with Gasteiger partial charge in [-0.1, -0.05) is 55.3 Å². The van der Waals surface area contributed by atoms with Crippen LogP contribution in [0.4, 0.5) is 5.82 Å². The van der Waals surface area contributed by atoms with Crippen molar-refractivity contribution in [1.82, 2.24) is 9.78 Å². The van der Waals surface area contributed by atoms with Gasteiger partial charge in [0.1, 0.15) is 5.82 Å². The van der Waals surface area contributed by atoms with Crippen molar-refractivity contribution in [3.8, 4) is 0 Å². The fourth-order valence-corrected chi connectivity index (χ4v) is 3.57. The molecule has 1 saturated carbocycles. The second kappa shape index (κ2) is 6.48. The van der Waals surface area contributed by atoms with Crippen molar-refractivity contribution in [2.75, 3.05) is 5.32 Å². The fourth-order valence-electron chi connectivity index (χ4n) is 3.57. The minimum atomic E-state index is 0.00466. The molecule has 4 rings (SSSR count). The van der Waals surface area contributed by atoms with Crippen LogP contribution in [0.15, 0.2) is 54.7 Å². The first-order chi connectivity index (χ1) is 11.8. The molecular formula is C20H21N3O. The van der Waals surface area contributed by atoms with Gasteiger partial charge < -0.3 is 5.32 Å². The van der Waals surface area contributed by atoms with Crippen LogP contribution in [-0.4, -0.2) is 15.7 Å². The molecule has 0 atom stereocenters. The fraction of sp³-hybridized carbons (Fsp3) is 0.300. The van der Waals surface area contributed by atoms with Gasteiger partial charge >= 0.3 is 0 Å². The lowest BCUT2D eigenvalue weighted by Crippen LogP contribution is -2.19. The van der Waals surface area contributed by atoms with E-state index in [4.69, 9.17) is 0 Å². The van der Waals surface area contributed by atoms with Gasteiger partial charge in [0, 0.05) is 6.07 Å². The third-order valence-corrected chi connectivity index (χ3v) is 4.79. The van der Waals surface area contributed by atoms with Gasteiger partial charge in [-0.2, -0.15) is 5.10 Å². The minimum Gasteiger partial charge on any atom is -0.311 e. The van der Waals surface area contributed by atoms with Crippen LogP contribution >= 0.6 is 0 Å². The first kappa shape index (κ1) is 14.9. The van der Waals surface area contributed by atoms with E-state index in [1.54, 1.807) is 6.20 Å². The number of nitrogens with one attached hydrogen (secondary N) is 1. The summed E-state index contributed by atoms with van der Waals surface area (Å²) in [5.74, 6) is 0.817. The Morgan fingerprint density at radius 2 is 1.88 bits per heavy atom. The molecule has 0 radical (unpaired) electrons. The molecule has 0 spiro atoms. The molecule has 24 heavy (non-hydrogen) atoms. The van der Waals surface area contributed by atoms with Crippen LogP contribution in [0.25, 0.3) is 10.8 Å². The smallest absolute Gasteiger partial charge is 0.229 e. The summed E-state index contributed by atoms with van der Waals surface area (Å²) in [7, 11) is 0. The van der Waals surface area contributed by atoms with Crippen LogP contribution in [0.2, 0.25) is 0 Å². The summed E-state index contributed by atoms with van der Waals surface area (Å²) in [6.45, 7) is 0. The van der Waals surface area contributed by atoms with Gasteiger partial charge in [-0.05, 0) is 29.2 Å². The molecule has 2 aromatic carbocycles. The van der Waals surface area contributed by atoms with Crippen LogP contribution in [0.5, 0.6) is 0 Å². The third-order valence-electron chi connectivity index (χ3n) is 4.79. The van der Waals surface area contributed by atoms with Crippen molar-refractivity contribution in [1.29, 1.82) is 0 Å². The molecule has 0 aliphatic heterocycles. The molecule has 1 aliphatic carbocycles. The predicted molar refractivity (Wildman–Crippen MR) is 96.0 cm³/mol. The van der Waals surface area contributed by atoms with E-state index in [9.17, 15) is 4.79 Å². The highest BCUT2D eigenvalue weighted by atomic mass is 16.1. The highest BCUT2D eigenvalue weighted by molar-refractivity contribution is 5.92. The van der Waals surface area contributed by atoms with Gasteiger partial charge in [0.05, 0.1) is 18.7 Å². The van der Waals surface area contributed by atoms with Crippen LogP contribution in [0, 0.1) is 0 Å². The largest absolute Gasteiger partial charge is 0.311 e. The molecule has 1 fully saturated rings. The third kappa shape index (κ3) is 3.04. The lowest BCUT2D eigenvalue weighted by atomic mass is 10.0. The van der Waals surface area contributed by atoms with Gasteiger partial charge in [0.25, 0.3) is 0 Å². The van der Waals surface area contributed by atoms with E-state index >= 15 is 0 Å². The number of anilines is 1. The molecule has 4 nitrogen and oxygen atoms in total. The number of amides is 1. The van der Waals surface area contributed by atoms with Crippen molar-refractivity contribution in [2.45, 2.75) is 38.1 Å². The topological polar surface area (TPSA) is 46.9 Å². The van der Waals surface area contributed by atoms with Crippen LogP contribution < -0.4 is 5.32 Å². The molecular weight excluding hydrogens is 298 g/mol. The molecule has 122 valence electrons. The quantitative estimate of drug-likeness (QED) is 0.778. The van der Waals surface area contributed by atoms with Crippen LogP contribution in [-0.2, 0) is 11.2 Å². The number of rotatable bonds is 4. The lowest BCUT2D eigenvalue weighted by Gasteiger charge is -2.14. The van der Waals surface area contributed by atoms with Crippen LogP contribution in [0.1, 0.15) is 37.3 Å². The summed E-state index contributed by atoms with van der Waals surface area (Å²) in [4.78, 5) is 12.4. The molecule has 3 aromatic rings. The molecule has 0 bridgehead atoms. The number of fused-ring (bicyclic) bond motifs is 1. The molecule has 4 heteroatoms. The van der Waals surface area contributed by atoms with Crippen molar-refractivity contribution in [3.05, 3.63) is 60.3 Å². The average molecular weight is 319 g/mol. The molecule has 0 saturated heterocycles. The zero-order chi connectivity index (χ0) is 16.4. The van der Waals surface area contributed by atoms with Gasteiger partial charge in [0.15, 0.2) is 0 Å². The number of carbonyl (C=O) groups is 1. The summed E-state index contributed by atoms with van der Waals surface area (Å²) < 4.78 is 1.98. The van der Waals surface area contributed by atoms with Gasteiger partial charge in [-0.15, -0.1) is 0 Å². The maximum Gasteiger partial charge on any atom is 0.229 e. The number of benzene rings is 2. The highest BCUT2D eigenvalue weighted by Gasteiger charge is 2.20. The minimum absolute atomic E-state index is 0.00466. The highest BCUT2D eigenvalue weighted by Crippen LogP contribution is 2.31. The van der Waals surface area contributed by atoms with Crippen molar-refractivity contribution >= 4 is 22.5 Å². The summed E-state index contributed by atoms with van der Waals surface area (Å²) in [6, 6.07) is 16.7. The number of carbonyl (C=O) groups excluding carboxylic acids is 1. The second-order valence-electron chi connectivity index (χ2n) is 6.51. The van der Waals surface area contributed by atoms with Crippen LogP contribution in [0.3, 0.4) is 0 Å². The Morgan fingerprint density at radius 3 is 2.71 bits per heavy atom. The van der Waals surface area contributed by atoms with Crippen molar-refractivity contribution in [2.24, 2.45) is 0 Å². The van der Waals surface area contributed by atoms with E-state index in [0.717, 1.165) is 24.2 Å². The Hall–Kier alpha value is -2.62. The van der Waals surface area contributed by atoms with Crippen molar-refractivity contribution in [3.63, 3.8) is 0 Å². The van der Waals surface area contributed by atoms with E-state index in [1.165, 1.54) is 23.6 Å². The molecule has 1 aromatic heterocycles. The molecule has 1 heterocycles. The Morgan fingerprint density at radius 1 is 1.08 bits per heavy atom. The summed E-state index contributed by atoms with van der Waals surface area (Å²) in [6.07, 6.45) is 6.93. The molecule has 1 aliphatic rings. The van der Waals surface area contributed by atoms with Gasteiger partial charge in [-0.3, -0.25) is 4.79 Å². The lowest BCUT2D eigenvalue weighted by molar-refractivity contribution is -0.115. The first-order valence-corrected chi connectivity index (χ1v) is 8.61. The Labute approximate surface area is 141 Å². The summed E-state index contributed by atoms with van der Waals surface area (Å²) in [5, 5.41) is 9.79. The van der Waals surface area contributed by atoms with E-state index < -0.39 is 0 Å². The zero-order valence-corrected chi connectivity index (χ0v) is 13.6. The second-order valence-corrected chi connectivity index (χ2v) is 6.51. The van der Waals surface area contributed by atoms with E-state index in [-0.39, 0.29) is 5.91 Å². The average Bonchev–Trinajstić information content (AvgIpc) is 3.25. The van der Waals surface area contributed by atoms with E-state index in [1.807, 2.05) is 28.9 Å². The van der Waals surface area contributed by atoms with Gasteiger partial charge in [0.2, 0.25) is 5.91 Å².